The lowest BCUT2D eigenvalue weighted by atomic mass is 10.2. The van der Waals surface area contributed by atoms with Crippen molar-refractivity contribution in [1.82, 2.24) is 5.32 Å². The van der Waals surface area contributed by atoms with Crippen LogP contribution in [0.1, 0.15) is 43.2 Å². The number of furan rings is 1. The number of nitrogens with one attached hydrogen (secondary N) is 1. The van der Waals surface area contributed by atoms with E-state index in [0.29, 0.717) is 6.54 Å². The molecule has 1 heterocycles. The van der Waals surface area contributed by atoms with Crippen LogP contribution in [0.25, 0.3) is 0 Å². The van der Waals surface area contributed by atoms with E-state index in [1.165, 1.54) is 12.8 Å². The highest BCUT2D eigenvalue weighted by atomic mass is 35.5. The van der Waals surface area contributed by atoms with Gasteiger partial charge in [0.15, 0.2) is 11.0 Å². The molecule has 0 saturated heterocycles. The molecule has 1 amide bonds. The van der Waals surface area contributed by atoms with Crippen molar-refractivity contribution in [2.24, 2.45) is 0 Å². The molecule has 0 aliphatic heterocycles. The molecule has 0 radical (unpaired) electrons. The molecule has 0 unspecified atom stereocenters. The summed E-state index contributed by atoms with van der Waals surface area (Å²) in [6, 6.07) is 3.14. The summed E-state index contributed by atoms with van der Waals surface area (Å²) in [5.41, 5.74) is 0. The standard InChI is InChI=1S/C11H16ClNO2/c1-2-3-4-5-8-13-11(14)9-6-7-10(12)15-9/h6-7H,2-5,8H2,1H3,(H,13,14). The maximum absolute atomic E-state index is 11.4. The monoisotopic (exact) mass is 229 g/mol. The SMILES string of the molecule is CCCCCCNC(=O)c1ccc(Cl)o1. The molecular formula is C11H16ClNO2. The molecule has 0 atom stereocenters. The van der Waals surface area contributed by atoms with Crippen molar-refractivity contribution in [2.45, 2.75) is 32.6 Å². The summed E-state index contributed by atoms with van der Waals surface area (Å²) in [5.74, 6) is 0.0777. The predicted octanol–water partition coefficient (Wildman–Crippen LogP) is 3.24. The molecule has 1 rings (SSSR count). The number of unbranched alkanes of at least 4 members (excludes halogenated alkanes) is 3. The Bertz CT molecular complexity index is 309. The summed E-state index contributed by atoms with van der Waals surface area (Å²) < 4.78 is 4.98. The first-order chi connectivity index (χ1) is 7.24. The first-order valence-electron chi connectivity index (χ1n) is 5.27. The van der Waals surface area contributed by atoms with E-state index in [9.17, 15) is 4.79 Å². The van der Waals surface area contributed by atoms with Gasteiger partial charge in [-0.2, -0.15) is 0 Å². The van der Waals surface area contributed by atoms with Crippen LogP contribution in [0.4, 0.5) is 0 Å². The number of hydrogen-bond donors (Lipinski definition) is 1. The molecular weight excluding hydrogens is 214 g/mol. The second-order valence-corrected chi connectivity index (χ2v) is 3.79. The van der Waals surface area contributed by atoms with Crippen LogP contribution in [0, 0.1) is 0 Å². The third-order valence-corrected chi connectivity index (χ3v) is 2.32. The average molecular weight is 230 g/mol. The molecule has 0 aliphatic rings. The summed E-state index contributed by atoms with van der Waals surface area (Å²) in [5, 5.41) is 3.02. The van der Waals surface area contributed by atoms with E-state index >= 15 is 0 Å². The summed E-state index contributed by atoms with van der Waals surface area (Å²) >= 11 is 5.56. The highest BCUT2D eigenvalue weighted by Crippen LogP contribution is 2.12. The van der Waals surface area contributed by atoms with Gasteiger partial charge in [0, 0.05) is 6.54 Å². The van der Waals surface area contributed by atoms with Gasteiger partial charge in [0.05, 0.1) is 0 Å². The molecule has 0 fully saturated rings. The fraction of sp³-hybridized carbons (Fsp3) is 0.545. The van der Waals surface area contributed by atoms with Gasteiger partial charge in [0.25, 0.3) is 5.91 Å². The zero-order chi connectivity index (χ0) is 11.1. The maximum atomic E-state index is 11.4. The first-order valence-corrected chi connectivity index (χ1v) is 5.65. The van der Waals surface area contributed by atoms with Crippen LogP contribution in [0.2, 0.25) is 5.22 Å². The van der Waals surface area contributed by atoms with E-state index in [-0.39, 0.29) is 16.9 Å². The molecule has 0 aliphatic carbocycles. The minimum absolute atomic E-state index is 0.196. The highest BCUT2D eigenvalue weighted by molar-refractivity contribution is 6.29. The third-order valence-electron chi connectivity index (χ3n) is 2.11. The number of carbonyl (C=O) groups is 1. The molecule has 4 heteroatoms. The molecule has 3 nitrogen and oxygen atoms in total. The van der Waals surface area contributed by atoms with Gasteiger partial charge in [-0.25, -0.2) is 0 Å². The Labute approximate surface area is 94.8 Å². The lowest BCUT2D eigenvalue weighted by molar-refractivity contribution is 0.0925. The van der Waals surface area contributed by atoms with Crippen LogP contribution in [-0.4, -0.2) is 12.5 Å². The van der Waals surface area contributed by atoms with Crippen LogP contribution in [0.5, 0.6) is 0 Å². The van der Waals surface area contributed by atoms with Crippen molar-refractivity contribution in [3.05, 3.63) is 23.1 Å². The van der Waals surface area contributed by atoms with Gasteiger partial charge < -0.3 is 9.73 Å². The maximum Gasteiger partial charge on any atom is 0.287 e. The summed E-state index contributed by atoms with van der Waals surface area (Å²) in [4.78, 5) is 11.4. The Hall–Kier alpha value is -0.960. The second kappa shape index (κ2) is 6.51. The first kappa shape index (κ1) is 12.1. The fourth-order valence-electron chi connectivity index (χ4n) is 1.28. The zero-order valence-corrected chi connectivity index (χ0v) is 9.64. The Morgan fingerprint density at radius 2 is 2.20 bits per heavy atom. The minimum atomic E-state index is -0.196. The van der Waals surface area contributed by atoms with E-state index in [4.69, 9.17) is 16.0 Å². The summed E-state index contributed by atoms with van der Waals surface area (Å²) in [6.07, 6.45) is 4.56. The number of rotatable bonds is 6. The van der Waals surface area contributed by atoms with E-state index in [1.807, 2.05) is 0 Å². The van der Waals surface area contributed by atoms with Gasteiger partial charge in [-0.05, 0) is 30.2 Å². The van der Waals surface area contributed by atoms with Crippen LogP contribution in [0.15, 0.2) is 16.5 Å². The smallest absolute Gasteiger partial charge is 0.287 e. The van der Waals surface area contributed by atoms with Crippen molar-refractivity contribution >= 4 is 17.5 Å². The van der Waals surface area contributed by atoms with Crippen LogP contribution < -0.4 is 5.32 Å². The Balaban J connectivity index is 2.19. The predicted molar refractivity (Wildman–Crippen MR) is 60.2 cm³/mol. The molecule has 0 spiro atoms. The molecule has 0 bridgehead atoms. The molecule has 84 valence electrons. The van der Waals surface area contributed by atoms with Crippen LogP contribution in [0.3, 0.4) is 0 Å². The molecule has 0 saturated carbocycles. The number of halogens is 1. The minimum Gasteiger partial charge on any atom is -0.440 e. The Morgan fingerprint density at radius 1 is 1.40 bits per heavy atom. The summed E-state index contributed by atoms with van der Waals surface area (Å²) in [7, 11) is 0. The fourth-order valence-corrected chi connectivity index (χ4v) is 1.42. The molecule has 1 N–H and O–H groups in total. The van der Waals surface area contributed by atoms with Gasteiger partial charge in [0.1, 0.15) is 0 Å². The molecule has 1 aromatic rings. The van der Waals surface area contributed by atoms with Crippen molar-refractivity contribution in [2.75, 3.05) is 6.54 Å². The van der Waals surface area contributed by atoms with E-state index in [1.54, 1.807) is 12.1 Å². The Kier molecular flexibility index (Phi) is 5.26. The quantitative estimate of drug-likeness (QED) is 0.761. The molecule has 0 aromatic carbocycles. The van der Waals surface area contributed by atoms with Crippen LogP contribution in [-0.2, 0) is 0 Å². The number of hydrogen-bond acceptors (Lipinski definition) is 2. The van der Waals surface area contributed by atoms with E-state index < -0.39 is 0 Å². The summed E-state index contributed by atoms with van der Waals surface area (Å²) in [6.45, 7) is 2.85. The Morgan fingerprint density at radius 3 is 2.80 bits per heavy atom. The third kappa shape index (κ3) is 4.38. The van der Waals surface area contributed by atoms with Gasteiger partial charge >= 0.3 is 0 Å². The largest absolute Gasteiger partial charge is 0.440 e. The number of amides is 1. The zero-order valence-electron chi connectivity index (χ0n) is 8.88. The molecule has 1 aromatic heterocycles. The van der Waals surface area contributed by atoms with Crippen molar-refractivity contribution < 1.29 is 9.21 Å². The van der Waals surface area contributed by atoms with Gasteiger partial charge in [0.2, 0.25) is 0 Å². The number of carbonyl (C=O) groups excluding carboxylic acids is 1. The topological polar surface area (TPSA) is 42.2 Å². The average Bonchev–Trinajstić information content (AvgIpc) is 2.64. The van der Waals surface area contributed by atoms with Gasteiger partial charge in [-0.1, -0.05) is 26.2 Å². The lowest BCUT2D eigenvalue weighted by Crippen LogP contribution is -2.23. The van der Waals surface area contributed by atoms with Crippen molar-refractivity contribution in [3.8, 4) is 0 Å². The van der Waals surface area contributed by atoms with Crippen molar-refractivity contribution in [1.29, 1.82) is 0 Å². The van der Waals surface area contributed by atoms with Crippen molar-refractivity contribution in [3.63, 3.8) is 0 Å². The van der Waals surface area contributed by atoms with E-state index in [2.05, 4.69) is 12.2 Å². The highest BCUT2D eigenvalue weighted by Gasteiger charge is 2.08. The lowest BCUT2D eigenvalue weighted by Gasteiger charge is -2.02. The van der Waals surface area contributed by atoms with E-state index in [0.717, 1.165) is 12.8 Å². The van der Waals surface area contributed by atoms with Gasteiger partial charge in [-0.15, -0.1) is 0 Å². The van der Waals surface area contributed by atoms with Crippen LogP contribution >= 0.6 is 11.6 Å². The second-order valence-electron chi connectivity index (χ2n) is 3.42. The van der Waals surface area contributed by atoms with Gasteiger partial charge in [-0.3, -0.25) is 4.79 Å². The molecule has 15 heavy (non-hydrogen) atoms. The normalized spacial score (nSPS) is 10.3.